The van der Waals surface area contributed by atoms with E-state index in [2.05, 4.69) is 33.4 Å². The zero-order valence-corrected chi connectivity index (χ0v) is 13.2. The van der Waals surface area contributed by atoms with E-state index < -0.39 is 0 Å². The molecule has 0 unspecified atom stereocenters. The largest absolute Gasteiger partial charge is 0.456 e. The third-order valence-electron chi connectivity index (χ3n) is 2.75. The smallest absolute Gasteiger partial charge is 0.146 e. The summed E-state index contributed by atoms with van der Waals surface area (Å²) in [6, 6.07) is 11.8. The Bertz CT molecular complexity index is 586. The molecule has 2 rings (SSSR count). The highest BCUT2D eigenvalue weighted by Gasteiger charge is 2.07. The van der Waals surface area contributed by atoms with Crippen molar-refractivity contribution in [1.82, 2.24) is 5.32 Å². The van der Waals surface area contributed by atoms with E-state index in [1.54, 1.807) is 0 Å². The molecule has 19 heavy (non-hydrogen) atoms. The fourth-order valence-electron chi connectivity index (χ4n) is 1.74. The number of ether oxygens (including phenoxy) is 1. The minimum absolute atomic E-state index is 0.591. The van der Waals surface area contributed by atoms with Crippen LogP contribution in [0.5, 0.6) is 11.5 Å². The van der Waals surface area contributed by atoms with E-state index in [1.165, 1.54) is 5.56 Å². The van der Waals surface area contributed by atoms with E-state index >= 15 is 0 Å². The average molecular weight is 341 g/mol. The van der Waals surface area contributed by atoms with Crippen LogP contribution < -0.4 is 10.1 Å². The first-order valence-electron chi connectivity index (χ1n) is 5.97. The van der Waals surface area contributed by atoms with Gasteiger partial charge in [0.05, 0.1) is 5.02 Å². The molecule has 0 heterocycles. The van der Waals surface area contributed by atoms with Gasteiger partial charge in [-0.05, 0) is 49.4 Å². The lowest BCUT2D eigenvalue weighted by atomic mass is 10.1. The number of rotatable bonds is 4. The number of hydrogen-bond donors (Lipinski definition) is 1. The molecule has 2 aromatic rings. The Labute approximate surface area is 126 Å². The molecule has 2 nitrogen and oxygen atoms in total. The highest BCUT2D eigenvalue weighted by Crippen LogP contribution is 2.33. The van der Waals surface area contributed by atoms with Crippen LogP contribution in [0.4, 0.5) is 0 Å². The fourth-order valence-corrected chi connectivity index (χ4v) is 2.46. The molecule has 0 aromatic heterocycles. The van der Waals surface area contributed by atoms with Gasteiger partial charge in [0.1, 0.15) is 11.5 Å². The molecule has 0 aliphatic carbocycles. The van der Waals surface area contributed by atoms with Crippen molar-refractivity contribution in [2.24, 2.45) is 0 Å². The molecule has 0 spiro atoms. The van der Waals surface area contributed by atoms with Crippen molar-refractivity contribution in [3.05, 3.63) is 57.0 Å². The molecule has 4 heteroatoms. The van der Waals surface area contributed by atoms with E-state index in [0.717, 1.165) is 22.3 Å². The van der Waals surface area contributed by atoms with Crippen LogP contribution in [0.25, 0.3) is 0 Å². The maximum absolute atomic E-state index is 6.17. The van der Waals surface area contributed by atoms with E-state index in [1.807, 2.05) is 38.2 Å². The van der Waals surface area contributed by atoms with Gasteiger partial charge in [0.2, 0.25) is 0 Å². The highest BCUT2D eigenvalue weighted by molar-refractivity contribution is 9.10. The lowest BCUT2D eigenvalue weighted by Crippen LogP contribution is -2.05. The summed E-state index contributed by atoms with van der Waals surface area (Å²) in [7, 11) is 1.92. The Kier molecular flexibility index (Phi) is 4.86. The van der Waals surface area contributed by atoms with Crippen molar-refractivity contribution in [2.75, 3.05) is 7.05 Å². The molecule has 0 radical (unpaired) electrons. The second-order valence-corrected chi connectivity index (χ2v) is 5.63. The molecular formula is C15H15BrClNO. The first-order valence-corrected chi connectivity index (χ1v) is 7.14. The van der Waals surface area contributed by atoms with Crippen LogP contribution >= 0.6 is 27.5 Å². The van der Waals surface area contributed by atoms with Crippen LogP contribution in [0.3, 0.4) is 0 Å². The van der Waals surface area contributed by atoms with Gasteiger partial charge < -0.3 is 10.1 Å². The number of nitrogens with one attached hydrogen (secondary N) is 1. The fraction of sp³-hybridized carbons (Fsp3) is 0.200. The quantitative estimate of drug-likeness (QED) is 0.852. The van der Waals surface area contributed by atoms with Crippen molar-refractivity contribution in [2.45, 2.75) is 13.5 Å². The maximum Gasteiger partial charge on any atom is 0.146 e. The van der Waals surface area contributed by atoms with Crippen molar-refractivity contribution in [3.8, 4) is 11.5 Å². The predicted molar refractivity (Wildman–Crippen MR) is 83.2 cm³/mol. The average Bonchev–Trinajstić information content (AvgIpc) is 2.37. The van der Waals surface area contributed by atoms with Gasteiger partial charge in [-0.25, -0.2) is 0 Å². The Morgan fingerprint density at radius 2 is 1.95 bits per heavy atom. The Hall–Kier alpha value is -1.03. The molecule has 0 atom stereocenters. The van der Waals surface area contributed by atoms with Crippen molar-refractivity contribution in [1.29, 1.82) is 0 Å². The predicted octanol–water partition coefficient (Wildman–Crippen LogP) is 4.92. The summed E-state index contributed by atoms with van der Waals surface area (Å²) in [4.78, 5) is 0. The minimum Gasteiger partial charge on any atom is -0.456 e. The lowest BCUT2D eigenvalue weighted by Gasteiger charge is -2.12. The second kappa shape index (κ2) is 6.42. The van der Waals surface area contributed by atoms with Crippen LogP contribution in [0.1, 0.15) is 11.1 Å². The molecule has 0 saturated heterocycles. The van der Waals surface area contributed by atoms with Crippen LogP contribution in [0.2, 0.25) is 5.02 Å². The number of halogens is 2. The molecule has 0 saturated carbocycles. The first kappa shape index (κ1) is 14.4. The standard InChI is InChI=1S/C15H15BrClNO/c1-10-3-4-11(9-18-2)7-15(10)19-14-6-5-12(16)8-13(14)17/h3-8,18H,9H2,1-2H3. The third-order valence-corrected chi connectivity index (χ3v) is 3.54. The molecule has 2 aromatic carbocycles. The lowest BCUT2D eigenvalue weighted by molar-refractivity contribution is 0.478. The van der Waals surface area contributed by atoms with Gasteiger partial charge >= 0.3 is 0 Å². The minimum atomic E-state index is 0.591. The zero-order chi connectivity index (χ0) is 13.8. The van der Waals surface area contributed by atoms with Crippen LogP contribution in [0, 0.1) is 6.92 Å². The maximum atomic E-state index is 6.17. The topological polar surface area (TPSA) is 21.3 Å². The zero-order valence-electron chi connectivity index (χ0n) is 10.8. The van der Waals surface area contributed by atoms with E-state index in [-0.39, 0.29) is 0 Å². The summed E-state index contributed by atoms with van der Waals surface area (Å²) in [6.07, 6.45) is 0. The molecule has 1 N–H and O–H groups in total. The van der Waals surface area contributed by atoms with Crippen molar-refractivity contribution >= 4 is 27.5 Å². The second-order valence-electron chi connectivity index (χ2n) is 4.31. The number of hydrogen-bond acceptors (Lipinski definition) is 2. The molecule has 0 fully saturated rings. The summed E-state index contributed by atoms with van der Waals surface area (Å²) in [5.41, 5.74) is 2.26. The van der Waals surface area contributed by atoms with Crippen LogP contribution in [-0.4, -0.2) is 7.05 Å². The molecule has 0 aliphatic rings. The monoisotopic (exact) mass is 339 g/mol. The summed E-state index contributed by atoms with van der Waals surface area (Å²) in [6.45, 7) is 2.83. The summed E-state index contributed by atoms with van der Waals surface area (Å²) in [5, 5.41) is 3.72. The van der Waals surface area contributed by atoms with E-state index in [0.29, 0.717) is 10.8 Å². The van der Waals surface area contributed by atoms with Gasteiger partial charge in [0.15, 0.2) is 0 Å². The summed E-state index contributed by atoms with van der Waals surface area (Å²) in [5.74, 6) is 1.49. The van der Waals surface area contributed by atoms with E-state index in [4.69, 9.17) is 16.3 Å². The Morgan fingerprint density at radius 3 is 2.63 bits per heavy atom. The van der Waals surface area contributed by atoms with Gasteiger partial charge in [0.25, 0.3) is 0 Å². The first-order chi connectivity index (χ1) is 9.10. The van der Waals surface area contributed by atoms with Crippen molar-refractivity contribution in [3.63, 3.8) is 0 Å². The van der Waals surface area contributed by atoms with Crippen LogP contribution in [0.15, 0.2) is 40.9 Å². The van der Waals surface area contributed by atoms with Gasteiger partial charge in [-0.1, -0.05) is 39.7 Å². The Balaban J connectivity index is 2.29. The molecule has 0 bridgehead atoms. The number of aryl methyl sites for hydroxylation is 1. The molecular weight excluding hydrogens is 326 g/mol. The normalized spacial score (nSPS) is 10.5. The highest BCUT2D eigenvalue weighted by atomic mass is 79.9. The van der Waals surface area contributed by atoms with E-state index in [9.17, 15) is 0 Å². The van der Waals surface area contributed by atoms with Gasteiger partial charge in [-0.15, -0.1) is 0 Å². The number of benzene rings is 2. The van der Waals surface area contributed by atoms with Crippen LogP contribution in [-0.2, 0) is 6.54 Å². The molecule has 0 aliphatic heterocycles. The summed E-state index contributed by atoms with van der Waals surface area (Å²) < 4.78 is 6.84. The summed E-state index contributed by atoms with van der Waals surface area (Å²) >= 11 is 9.55. The third kappa shape index (κ3) is 3.72. The molecule has 100 valence electrons. The SMILES string of the molecule is CNCc1ccc(C)c(Oc2ccc(Br)cc2Cl)c1. The van der Waals surface area contributed by atoms with Gasteiger partial charge in [-0.2, -0.15) is 0 Å². The Morgan fingerprint density at radius 1 is 1.16 bits per heavy atom. The van der Waals surface area contributed by atoms with Gasteiger partial charge in [0, 0.05) is 11.0 Å². The van der Waals surface area contributed by atoms with Crippen molar-refractivity contribution < 1.29 is 4.74 Å². The molecule has 0 amide bonds. The van der Waals surface area contributed by atoms with Gasteiger partial charge in [-0.3, -0.25) is 0 Å².